The van der Waals surface area contributed by atoms with E-state index in [2.05, 4.69) is 46.8 Å². The largest absolute Gasteiger partial charge is 0.492 e. The van der Waals surface area contributed by atoms with Crippen molar-refractivity contribution in [1.82, 2.24) is 0 Å². The highest BCUT2D eigenvalue weighted by Crippen LogP contribution is 2.59. The van der Waals surface area contributed by atoms with Gasteiger partial charge in [0, 0.05) is 16.9 Å². The lowest BCUT2D eigenvalue weighted by atomic mass is 9.86. The Morgan fingerprint density at radius 1 is 1.26 bits per heavy atom. The van der Waals surface area contributed by atoms with Gasteiger partial charge in [-0.2, -0.15) is 0 Å². The van der Waals surface area contributed by atoms with Crippen molar-refractivity contribution in [2.45, 2.75) is 64.9 Å². The standard InChI is InChI=1S/C21H26O2/c1-11(2)13-7-8-14-15-9-10-16-18(15)20(23-21(16,4)5)19(22-6)17(14)12(13)3/h7-8,11,16H,9-10H2,1-6H3. The van der Waals surface area contributed by atoms with E-state index in [-0.39, 0.29) is 5.60 Å². The molecule has 4 rings (SSSR count). The van der Waals surface area contributed by atoms with Crippen LogP contribution in [0.1, 0.15) is 68.2 Å². The molecule has 0 N–H and O–H groups in total. The molecule has 2 aromatic carbocycles. The smallest absolute Gasteiger partial charge is 0.169 e. The van der Waals surface area contributed by atoms with Crippen LogP contribution in [0, 0.1) is 6.92 Å². The maximum Gasteiger partial charge on any atom is 0.169 e. The van der Waals surface area contributed by atoms with Gasteiger partial charge in [0.05, 0.1) is 7.11 Å². The summed E-state index contributed by atoms with van der Waals surface area (Å²) in [6, 6.07) is 4.61. The molecule has 0 spiro atoms. The first kappa shape index (κ1) is 14.9. The average molecular weight is 310 g/mol. The first-order valence-electron chi connectivity index (χ1n) is 8.71. The zero-order valence-electron chi connectivity index (χ0n) is 15.0. The summed E-state index contributed by atoms with van der Waals surface area (Å²) in [7, 11) is 1.78. The molecule has 1 unspecified atom stereocenters. The monoisotopic (exact) mass is 310 g/mol. The van der Waals surface area contributed by atoms with Gasteiger partial charge in [0.2, 0.25) is 0 Å². The zero-order valence-corrected chi connectivity index (χ0v) is 15.0. The van der Waals surface area contributed by atoms with E-state index >= 15 is 0 Å². The van der Waals surface area contributed by atoms with E-state index in [0.29, 0.717) is 11.8 Å². The Kier molecular flexibility index (Phi) is 3.01. The summed E-state index contributed by atoms with van der Waals surface area (Å²) in [5, 5.41) is 2.62. The van der Waals surface area contributed by atoms with Crippen molar-refractivity contribution in [2.24, 2.45) is 0 Å². The van der Waals surface area contributed by atoms with Gasteiger partial charge in [-0.25, -0.2) is 0 Å². The maximum absolute atomic E-state index is 6.40. The highest BCUT2D eigenvalue weighted by molar-refractivity contribution is 5.99. The fraction of sp³-hybridized carbons (Fsp3) is 0.524. The molecule has 0 fully saturated rings. The molecular weight excluding hydrogens is 284 g/mol. The Labute approximate surface area is 138 Å². The van der Waals surface area contributed by atoms with E-state index in [9.17, 15) is 0 Å². The van der Waals surface area contributed by atoms with Crippen LogP contribution in [-0.2, 0) is 6.42 Å². The maximum atomic E-state index is 6.40. The molecule has 2 aromatic rings. The van der Waals surface area contributed by atoms with E-state index < -0.39 is 0 Å². The SMILES string of the molecule is COc1c2c3c(c4ccc(C(C)C)c(C)c14)CCC3C(C)(C)O2. The number of hydrogen-bond donors (Lipinski definition) is 0. The van der Waals surface area contributed by atoms with Gasteiger partial charge in [0.25, 0.3) is 0 Å². The molecule has 1 aliphatic heterocycles. The van der Waals surface area contributed by atoms with Crippen LogP contribution in [0.25, 0.3) is 10.8 Å². The number of benzene rings is 2. The van der Waals surface area contributed by atoms with Gasteiger partial charge >= 0.3 is 0 Å². The summed E-state index contributed by atoms with van der Waals surface area (Å²) in [5.74, 6) is 2.95. The van der Waals surface area contributed by atoms with Crippen LogP contribution in [0.15, 0.2) is 12.1 Å². The van der Waals surface area contributed by atoms with E-state index in [1.165, 1.54) is 39.4 Å². The average Bonchev–Trinajstić information content (AvgIpc) is 3.03. The van der Waals surface area contributed by atoms with Crippen molar-refractivity contribution >= 4 is 10.8 Å². The predicted molar refractivity (Wildman–Crippen MR) is 95.1 cm³/mol. The molecule has 23 heavy (non-hydrogen) atoms. The van der Waals surface area contributed by atoms with Gasteiger partial charge in [0.1, 0.15) is 5.60 Å². The Bertz CT molecular complexity index is 815. The summed E-state index contributed by atoms with van der Waals surface area (Å²) in [5.41, 5.74) is 5.51. The normalized spacial score (nSPS) is 20.9. The minimum Gasteiger partial charge on any atom is -0.492 e. The van der Waals surface area contributed by atoms with Crippen molar-refractivity contribution in [3.8, 4) is 11.5 Å². The van der Waals surface area contributed by atoms with E-state index in [0.717, 1.165) is 17.9 Å². The molecule has 0 aromatic heterocycles. The van der Waals surface area contributed by atoms with Crippen LogP contribution >= 0.6 is 0 Å². The van der Waals surface area contributed by atoms with Crippen molar-refractivity contribution < 1.29 is 9.47 Å². The highest BCUT2D eigenvalue weighted by Gasteiger charge is 2.47. The third-order valence-corrected chi connectivity index (χ3v) is 5.90. The Morgan fingerprint density at radius 2 is 2.00 bits per heavy atom. The van der Waals surface area contributed by atoms with Crippen molar-refractivity contribution in [3.05, 3.63) is 34.4 Å². The molecule has 2 aliphatic rings. The van der Waals surface area contributed by atoms with Gasteiger partial charge in [0.15, 0.2) is 11.5 Å². The van der Waals surface area contributed by atoms with Crippen LogP contribution < -0.4 is 9.47 Å². The summed E-state index contributed by atoms with van der Waals surface area (Å²) in [6.07, 6.45) is 2.34. The van der Waals surface area contributed by atoms with Crippen LogP contribution in [-0.4, -0.2) is 12.7 Å². The van der Waals surface area contributed by atoms with E-state index in [1.807, 2.05) is 0 Å². The third-order valence-electron chi connectivity index (χ3n) is 5.90. The molecule has 1 atom stereocenters. The molecule has 0 amide bonds. The molecule has 122 valence electrons. The highest BCUT2D eigenvalue weighted by atomic mass is 16.5. The second kappa shape index (κ2) is 4.66. The van der Waals surface area contributed by atoms with Crippen molar-refractivity contribution in [3.63, 3.8) is 0 Å². The second-order valence-electron chi connectivity index (χ2n) is 7.91. The van der Waals surface area contributed by atoms with Crippen LogP contribution in [0.3, 0.4) is 0 Å². The minimum atomic E-state index is -0.132. The zero-order chi connectivity index (χ0) is 16.5. The minimum absolute atomic E-state index is 0.132. The van der Waals surface area contributed by atoms with Gasteiger partial charge in [-0.15, -0.1) is 0 Å². The molecule has 2 heteroatoms. The molecule has 0 bridgehead atoms. The van der Waals surface area contributed by atoms with Crippen molar-refractivity contribution in [2.75, 3.05) is 7.11 Å². The number of ether oxygens (including phenoxy) is 2. The topological polar surface area (TPSA) is 18.5 Å². The second-order valence-corrected chi connectivity index (χ2v) is 7.91. The first-order chi connectivity index (χ1) is 10.9. The van der Waals surface area contributed by atoms with E-state index in [1.54, 1.807) is 7.11 Å². The van der Waals surface area contributed by atoms with Crippen LogP contribution in [0.4, 0.5) is 0 Å². The molecule has 1 heterocycles. The molecule has 1 aliphatic carbocycles. The number of aryl methyl sites for hydroxylation is 2. The summed E-state index contributed by atoms with van der Waals surface area (Å²) in [6.45, 7) is 11.2. The lowest BCUT2D eigenvalue weighted by molar-refractivity contribution is 0.105. The lowest BCUT2D eigenvalue weighted by Gasteiger charge is -2.25. The molecular formula is C21H26O2. The first-order valence-corrected chi connectivity index (χ1v) is 8.71. The van der Waals surface area contributed by atoms with Gasteiger partial charge in [-0.3, -0.25) is 0 Å². The summed E-state index contributed by atoms with van der Waals surface area (Å²) in [4.78, 5) is 0. The fourth-order valence-corrected chi connectivity index (χ4v) is 4.81. The molecule has 0 radical (unpaired) electrons. The van der Waals surface area contributed by atoms with E-state index in [4.69, 9.17) is 9.47 Å². The Balaban J connectivity index is 2.14. The van der Waals surface area contributed by atoms with Crippen LogP contribution in [0.5, 0.6) is 11.5 Å². The Hall–Kier alpha value is -1.70. The Morgan fingerprint density at radius 3 is 2.65 bits per heavy atom. The van der Waals surface area contributed by atoms with Gasteiger partial charge in [-0.1, -0.05) is 26.0 Å². The quantitative estimate of drug-likeness (QED) is 0.731. The molecule has 2 nitrogen and oxygen atoms in total. The van der Waals surface area contributed by atoms with Crippen molar-refractivity contribution in [1.29, 1.82) is 0 Å². The van der Waals surface area contributed by atoms with Crippen LogP contribution in [0.2, 0.25) is 0 Å². The summed E-state index contributed by atoms with van der Waals surface area (Å²) < 4.78 is 12.3. The number of methoxy groups -OCH3 is 1. The summed E-state index contributed by atoms with van der Waals surface area (Å²) >= 11 is 0. The molecule has 0 saturated carbocycles. The van der Waals surface area contributed by atoms with Gasteiger partial charge < -0.3 is 9.47 Å². The number of fused-ring (bicyclic) bond motifs is 2. The number of hydrogen-bond acceptors (Lipinski definition) is 2. The predicted octanol–water partition coefficient (Wildman–Crippen LogP) is 5.48. The number of rotatable bonds is 2. The fourth-order valence-electron chi connectivity index (χ4n) is 4.81. The molecule has 0 saturated heterocycles. The third kappa shape index (κ3) is 1.81. The lowest BCUT2D eigenvalue weighted by Crippen LogP contribution is -2.29. The van der Waals surface area contributed by atoms with Gasteiger partial charge in [-0.05, 0) is 61.6 Å².